The second kappa shape index (κ2) is 62.5. The number of nitrogens with two attached hydrogens (primary N) is 1. The van der Waals surface area contributed by atoms with Crippen LogP contribution in [-0.2, 0) is 96.2 Å². The average molecular weight is 2160 g/mol. The molecule has 82 heteroatoms. The number of carbonyl (C=O) groups excluding carboxylic acids is 1. The van der Waals surface area contributed by atoms with Gasteiger partial charge in [0.05, 0.1) is 55.5 Å². The number of aliphatic carboxylic acids is 1. The number of fused-ring (bicyclic) bond motifs is 5. The van der Waals surface area contributed by atoms with Crippen LogP contribution in [0.1, 0.15) is 114 Å². The molecular formula is C61H92F5N21O53S3. The number of quaternary nitrogens is 1. The lowest BCUT2D eigenvalue weighted by Gasteiger charge is -2.64. The maximum atomic E-state index is 13.0. The number of aryl methyl sites for hydroxylation is 1. The summed E-state index contributed by atoms with van der Waals surface area (Å²) >= 11 is 3.03. The van der Waals surface area contributed by atoms with Crippen LogP contribution in [0.15, 0.2) is 34.9 Å². The zero-order valence-electron chi connectivity index (χ0n) is 74.6. The number of hydrogen-bond acceptors (Lipinski definition) is 58. The lowest BCUT2D eigenvalue weighted by atomic mass is 9.43. The molecule has 7 rings (SSSR count). The van der Waals surface area contributed by atoms with Gasteiger partial charge in [-0.2, -0.15) is 18.1 Å². The van der Waals surface area contributed by atoms with Gasteiger partial charge in [0.2, 0.25) is 12.5 Å². The molecule has 74 nitrogen and oxygen atoms in total. The minimum atomic E-state index is -4.85. The third-order valence-electron chi connectivity index (χ3n) is 20.9. The van der Waals surface area contributed by atoms with Crippen LogP contribution in [0, 0.1) is 205 Å². The van der Waals surface area contributed by atoms with Crippen LogP contribution in [0.25, 0.3) is 0 Å². The van der Waals surface area contributed by atoms with Crippen LogP contribution in [0.3, 0.4) is 0 Å². The maximum absolute atomic E-state index is 13.0. The SMILES string of the molecule is C=C(CC(=O)O)O[N+](=O)[O-].C[C@H](CCC(=O)NCCC[N+](C)(C)CC(CSOO[O-])O[N+](=O)[O-])[C@H]1CC[C@H]2[C@@H]3[C@H](O[N+](=O)[O-])C[C@@H]4C[C@H](O[N+](=O)[O-])CC[C@]4(C)[C@H]3C[C@H](O[N+](=O)[O-])[C@]12C.Cc1ncsc1C(CO[N+](=O)[O-])O[N+](=O)[O-].Nc1ccn([C@H]2CS[C@@H](CO[N+](=O)[O-])O2)c(=O)n1.O=[N+]([O-])CC(CO[N+](=O)[O-])O[N+](=O)[O-].O=[N+]([O-])OCC(CF)O[N+](=O)[O-].O=[N+]([O-])OCC(COC(F)(F)C(F)F)O[N+](=O)[O-]. The van der Waals surface area contributed by atoms with E-state index >= 15 is 0 Å². The van der Waals surface area contributed by atoms with E-state index in [1.165, 1.54) is 34.1 Å². The number of carboxylic acids is 1. The van der Waals surface area contributed by atoms with Gasteiger partial charge < -0.3 is 98.3 Å². The summed E-state index contributed by atoms with van der Waals surface area (Å²) in [6.45, 7) is 4.75. The number of anilines is 1. The van der Waals surface area contributed by atoms with E-state index < -0.39 is 230 Å². The number of alkyl halides is 5. The van der Waals surface area contributed by atoms with Gasteiger partial charge in [0.25, 0.3) is 71.2 Å². The van der Waals surface area contributed by atoms with Crippen molar-refractivity contribution in [1.29, 1.82) is 0 Å². The summed E-state index contributed by atoms with van der Waals surface area (Å²) < 4.78 is 74.2. The number of nitro groups is 1. The van der Waals surface area contributed by atoms with Crippen molar-refractivity contribution in [3.63, 3.8) is 0 Å². The standard InChI is InChI=1S/C32H54N6O16S.C8H10N4O5S.C6H7N3O6S.C5H6F4N2O7.C4H5NO5.C3H5FN2O6.C3H5N3O8/c1-20(7-10-29(39)33-13-6-14-38(4,5)18-23(50-35(42)43)19-55-54-53-48)24-8-9-25-30-26(17-28(32(24,25)3)52-37(46)47)31(2)12-11-22(49-34(40)41)15-21(31)16-27(30)51-36(44)45;9-5-1-2-11(8(13)10-5)6-4-18-7(17-6)3-16-12(14)15;1-4-6(16-3-7-4)5(15-9(12)13)2-14-8(10)11;6-4(7)5(8,9)16-1-3(18-11(14)15)2-17-10(12)13;1-3(2-4(6)7)10-5(8)9;4-1-3(12-6(9)10)2-11-5(7)8;7-4(8)1-3(14-6(11)12)2-13-5(9)10/h20-28,30H,6-19H2,1-5H3,(H-,33,39,48);1-2,6-7H,3-4H2,(H2,9,10,13);3,5H,2H2,1H3;3-4H,1-2H2;1-2H2,(H,6,7);3H,1-2H2;3H,1-2H2/t20-,21+,22-,23?,24-,25+,26+,27-,28+,30+,31+,32-;6-,7+;;;;;/m11...../s1. The fourth-order valence-electron chi connectivity index (χ4n) is 15.5. The zero-order chi connectivity index (χ0) is 109. The number of carboxylic acid groups (broad SMARTS) is 1. The van der Waals surface area contributed by atoms with Gasteiger partial charge in [0.15, 0.2) is 30.5 Å². The Morgan fingerprint density at radius 3 is 1.73 bits per heavy atom. The molecule has 812 valence electrons. The highest BCUT2D eigenvalue weighted by Crippen LogP contribution is 2.69. The van der Waals surface area contributed by atoms with E-state index in [4.69, 9.17) is 34.9 Å². The fraction of sp³-hybridized carbons (Fsp3) is 0.820. The molecule has 0 aromatic carbocycles. The molecule has 0 radical (unpaired) electrons. The maximum Gasteiger partial charge on any atom is 0.416 e. The van der Waals surface area contributed by atoms with Crippen LogP contribution in [0.5, 0.6) is 0 Å². The van der Waals surface area contributed by atoms with Crippen LogP contribution in [-0.4, -0.2) is 271 Å². The summed E-state index contributed by atoms with van der Waals surface area (Å²) in [5.74, 6) is -2.21. The monoisotopic (exact) mass is 2160 g/mol. The summed E-state index contributed by atoms with van der Waals surface area (Å²) in [6.07, 6.45) is -13.4. The number of rotatable bonds is 58. The number of ether oxygens (including phenoxy) is 2. The van der Waals surface area contributed by atoms with Crippen LogP contribution in [0.4, 0.5) is 27.8 Å². The van der Waals surface area contributed by atoms with Gasteiger partial charge in [0.1, 0.15) is 87.8 Å². The lowest BCUT2D eigenvalue weighted by molar-refractivity contribution is -0.902. The minimum absolute atomic E-state index is 0.0160. The number of amides is 1. The minimum Gasteiger partial charge on any atom is -0.691 e. The van der Waals surface area contributed by atoms with Crippen molar-refractivity contribution in [1.82, 2.24) is 19.9 Å². The Labute approximate surface area is 803 Å². The normalized spacial score (nSPS) is 21.5. The average Bonchev–Trinajstić information content (AvgIpc) is 1.60. The van der Waals surface area contributed by atoms with E-state index in [1.807, 2.05) is 27.9 Å². The molecule has 4 aliphatic carbocycles. The number of nitrogens with one attached hydrogen (secondary N) is 1. The number of halogens is 5. The van der Waals surface area contributed by atoms with E-state index in [1.54, 1.807) is 6.92 Å². The number of likely N-dealkylation sites (N-methyl/N-ethyl adjacent to an activating group) is 1. The second-order valence-electron chi connectivity index (χ2n) is 30.6. The first-order valence-electron chi connectivity index (χ1n) is 39.7. The Morgan fingerprint density at radius 2 is 1.24 bits per heavy atom. The van der Waals surface area contributed by atoms with E-state index in [-0.39, 0.29) is 79.0 Å². The quantitative estimate of drug-likeness (QED) is 0.0125. The number of thioether (sulfide) groups is 1. The third-order valence-corrected chi connectivity index (χ3v) is 23.7. The van der Waals surface area contributed by atoms with Crippen LogP contribution < -0.4 is 22.0 Å². The zero-order valence-corrected chi connectivity index (χ0v) is 77.0. The Morgan fingerprint density at radius 1 is 0.699 bits per heavy atom. The molecule has 5 unspecified atom stereocenters. The summed E-state index contributed by atoms with van der Waals surface area (Å²) in [5, 5.41) is 163. The van der Waals surface area contributed by atoms with E-state index in [2.05, 4.69) is 91.3 Å². The molecule has 5 aliphatic rings. The topological polar surface area (TPSA) is 976 Å². The molecule has 1 amide bonds. The highest BCUT2D eigenvalue weighted by Gasteiger charge is 2.68. The molecule has 1 saturated heterocycles. The third kappa shape index (κ3) is 49.8. The highest BCUT2D eigenvalue weighted by molar-refractivity contribution is 8.00. The Hall–Kier alpha value is -14.7. The Balaban J connectivity index is 0.000000948. The smallest absolute Gasteiger partial charge is 0.416 e. The molecule has 2 aromatic rings. The predicted octanol–water partition coefficient (Wildman–Crippen LogP) is 3.19. The van der Waals surface area contributed by atoms with Crippen molar-refractivity contribution in [2.75, 3.05) is 104 Å². The number of thiazole rings is 1. The van der Waals surface area contributed by atoms with Gasteiger partial charge in [-0.25, -0.2) is 22.9 Å². The van der Waals surface area contributed by atoms with Crippen molar-refractivity contribution in [3.05, 3.63) is 203 Å². The Bertz CT molecular complexity index is 4570. The summed E-state index contributed by atoms with van der Waals surface area (Å²) in [7, 11) is 3.70. The molecule has 143 heavy (non-hydrogen) atoms. The molecule has 0 bridgehead atoms. The number of aromatic nitrogens is 3. The van der Waals surface area contributed by atoms with Crippen molar-refractivity contribution >= 4 is 52.8 Å². The van der Waals surface area contributed by atoms with Crippen molar-refractivity contribution in [3.8, 4) is 0 Å². The summed E-state index contributed by atoms with van der Waals surface area (Å²) in [4.78, 5) is 254. The van der Waals surface area contributed by atoms with Crippen LogP contribution >= 0.6 is 35.1 Å². The largest absolute Gasteiger partial charge is 0.691 e. The molecule has 4 saturated carbocycles. The van der Waals surface area contributed by atoms with E-state index in [9.17, 15) is 193 Å². The first kappa shape index (κ1) is 126. The first-order chi connectivity index (χ1) is 66.5. The van der Waals surface area contributed by atoms with E-state index in [0.29, 0.717) is 97.3 Å². The van der Waals surface area contributed by atoms with Crippen molar-refractivity contribution < 1.29 is 209 Å². The number of nitrogens with zero attached hydrogens (tertiary/aromatic N) is 19. The highest BCUT2D eigenvalue weighted by atomic mass is 32.2. The Kier molecular flexibility index (Phi) is 55.2. The van der Waals surface area contributed by atoms with Crippen molar-refractivity contribution in [2.24, 2.45) is 46.3 Å². The van der Waals surface area contributed by atoms with Gasteiger partial charge in [-0.05, 0) is 105 Å². The molecule has 0 spiro atoms. The van der Waals surface area contributed by atoms with Crippen LogP contribution in [0.2, 0.25) is 0 Å². The summed E-state index contributed by atoms with van der Waals surface area (Å²) in [6, 6.07) is 1.48. The molecule has 5 fully saturated rings. The number of nitrogen functional groups attached to an aromatic ring is 1. The lowest BCUT2D eigenvalue weighted by Crippen LogP contribution is -2.63. The molecule has 4 N–H and O–H groups in total. The number of hydrogen-bond donors (Lipinski definition) is 3. The molecular weight excluding hydrogens is 2070 g/mol. The van der Waals surface area contributed by atoms with Gasteiger partial charge in [0, 0.05) is 53.7 Å². The first-order valence-corrected chi connectivity index (χ1v) is 42.6. The van der Waals surface area contributed by atoms with Gasteiger partial charge in [-0.15, -0.1) is 165 Å². The molecule has 18 atom stereocenters. The summed E-state index contributed by atoms with van der Waals surface area (Å²) in [5.41, 5.74) is 5.19. The number of carbonyl (C=O) groups is 2. The second-order valence-corrected chi connectivity index (χ2v) is 33.4. The van der Waals surface area contributed by atoms with E-state index in [0.717, 1.165) is 11.3 Å². The predicted molar refractivity (Wildman–Crippen MR) is 437 cm³/mol. The van der Waals surface area contributed by atoms with Gasteiger partial charge in [-0.3, -0.25) is 34.1 Å². The van der Waals surface area contributed by atoms with Gasteiger partial charge >= 0.3 is 24.2 Å². The molecule has 2 aromatic heterocycles. The molecule has 1 aliphatic heterocycles. The fourth-order valence-corrected chi connectivity index (χ4v) is 17.7. The van der Waals surface area contributed by atoms with Crippen molar-refractivity contribution in [2.45, 2.75) is 171 Å². The van der Waals surface area contributed by atoms with Gasteiger partial charge in [-0.1, -0.05) is 27.4 Å². The molecule has 3 heterocycles.